The maximum atomic E-state index is 13.7. The van der Waals surface area contributed by atoms with Crippen LogP contribution in [0.4, 0.5) is 5.69 Å². The van der Waals surface area contributed by atoms with Crippen LogP contribution >= 0.6 is 0 Å². The Morgan fingerprint density at radius 1 is 1.00 bits per heavy atom. The molecule has 0 aromatic heterocycles. The van der Waals surface area contributed by atoms with Gasteiger partial charge >= 0.3 is 0 Å². The summed E-state index contributed by atoms with van der Waals surface area (Å²) < 4.78 is 28.9. The molecule has 1 aliphatic heterocycles. The van der Waals surface area contributed by atoms with E-state index >= 15 is 0 Å². The number of rotatable bonds is 7. The Bertz CT molecular complexity index is 983. The summed E-state index contributed by atoms with van der Waals surface area (Å²) in [5.41, 5.74) is 4.01. The van der Waals surface area contributed by atoms with Gasteiger partial charge in [0.05, 0.1) is 17.5 Å². The SMILES string of the molecule is NNC(=O)c1ccc(CN(c2ccccc2)S(=O)(=O)C2CCN(C3CCC3)CC2)cc1. The normalized spacial score (nSPS) is 18.4. The van der Waals surface area contributed by atoms with Crippen molar-refractivity contribution in [1.82, 2.24) is 10.3 Å². The largest absolute Gasteiger partial charge is 0.300 e. The Hall–Kier alpha value is -2.42. The zero-order valence-corrected chi connectivity index (χ0v) is 18.4. The van der Waals surface area contributed by atoms with Crippen molar-refractivity contribution in [2.75, 3.05) is 17.4 Å². The molecule has 2 aromatic carbocycles. The summed E-state index contributed by atoms with van der Waals surface area (Å²) in [6, 6.07) is 16.8. The number of nitrogens with zero attached hydrogens (tertiary/aromatic N) is 2. The minimum Gasteiger partial charge on any atom is -0.300 e. The van der Waals surface area contributed by atoms with Crippen molar-refractivity contribution >= 4 is 21.6 Å². The zero-order chi connectivity index (χ0) is 21.8. The number of nitrogens with two attached hydrogens (primary N) is 1. The van der Waals surface area contributed by atoms with Crippen molar-refractivity contribution in [1.29, 1.82) is 0 Å². The number of hydrogen-bond donors (Lipinski definition) is 2. The van der Waals surface area contributed by atoms with Gasteiger partial charge in [-0.2, -0.15) is 0 Å². The van der Waals surface area contributed by atoms with E-state index in [4.69, 9.17) is 5.84 Å². The molecule has 0 radical (unpaired) electrons. The average molecular weight is 443 g/mol. The summed E-state index contributed by atoms with van der Waals surface area (Å²) in [4.78, 5) is 14.1. The summed E-state index contributed by atoms with van der Waals surface area (Å²) in [5, 5.41) is -0.383. The Balaban J connectivity index is 1.54. The number of benzene rings is 2. The molecule has 0 atom stereocenters. The summed E-state index contributed by atoms with van der Waals surface area (Å²) in [6.45, 7) is 1.92. The third-order valence-corrected chi connectivity index (χ3v) is 8.78. The van der Waals surface area contributed by atoms with Crippen molar-refractivity contribution < 1.29 is 13.2 Å². The molecule has 4 rings (SSSR count). The number of piperidine rings is 1. The van der Waals surface area contributed by atoms with Gasteiger partial charge < -0.3 is 4.90 Å². The second-order valence-electron chi connectivity index (χ2n) is 8.38. The van der Waals surface area contributed by atoms with Gasteiger partial charge in [-0.3, -0.25) is 14.5 Å². The summed E-state index contributed by atoms with van der Waals surface area (Å²) in [6.07, 6.45) is 5.10. The maximum Gasteiger partial charge on any atom is 0.265 e. The maximum absolute atomic E-state index is 13.7. The van der Waals surface area contributed by atoms with E-state index in [2.05, 4.69) is 10.3 Å². The average Bonchev–Trinajstić information content (AvgIpc) is 2.77. The van der Waals surface area contributed by atoms with Crippen molar-refractivity contribution in [3.63, 3.8) is 0 Å². The molecule has 1 amide bonds. The number of anilines is 1. The molecule has 1 heterocycles. The molecule has 3 N–H and O–H groups in total. The lowest BCUT2D eigenvalue weighted by atomic mass is 9.90. The molecular formula is C23H30N4O3S. The smallest absolute Gasteiger partial charge is 0.265 e. The van der Waals surface area contributed by atoms with Crippen molar-refractivity contribution in [3.8, 4) is 0 Å². The molecule has 1 saturated heterocycles. The standard InChI is InChI=1S/C23H30N4O3S/c24-25-23(28)19-11-9-18(10-12-19)17-27(21-5-2-1-3-6-21)31(29,30)22-13-15-26(16-14-22)20-7-4-8-20/h1-3,5-6,9-12,20,22H,4,7-8,13-17,24H2,(H,25,28). The van der Waals surface area contributed by atoms with Crippen LogP contribution in [0.5, 0.6) is 0 Å². The number of amides is 1. The topological polar surface area (TPSA) is 95.7 Å². The molecule has 7 nitrogen and oxygen atoms in total. The molecular weight excluding hydrogens is 412 g/mol. The van der Waals surface area contributed by atoms with Crippen LogP contribution in [-0.2, 0) is 16.6 Å². The van der Waals surface area contributed by atoms with Gasteiger partial charge in [-0.05, 0) is 68.6 Å². The van der Waals surface area contributed by atoms with Gasteiger partial charge in [0.15, 0.2) is 0 Å². The van der Waals surface area contributed by atoms with Crippen molar-refractivity contribution in [3.05, 3.63) is 65.7 Å². The van der Waals surface area contributed by atoms with Gasteiger partial charge in [0.25, 0.3) is 5.91 Å². The van der Waals surface area contributed by atoms with E-state index in [1.54, 1.807) is 24.3 Å². The monoisotopic (exact) mass is 442 g/mol. The quantitative estimate of drug-likeness (QED) is 0.390. The number of carbonyl (C=O) groups excluding carboxylic acids is 1. The van der Waals surface area contributed by atoms with Crippen LogP contribution in [0.15, 0.2) is 54.6 Å². The minimum atomic E-state index is -3.54. The number of sulfonamides is 1. The van der Waals surface area contributed by atoms with E-state index in [1.165, 1.54) is 23.6 Å². The van der Waals surface area contributed by atoms with E-state index in [-0.39, 0.29) is 17.7 Å². The van der Waals surface area contributed by atoms with E-state index < -0.39 is 10.0 Å². The molecule has 0 spiro atoms. The third-order valence-electron chi connectivity index (χ3n) is 6.51. The highest BCUT2D eigenvalue weighted by Crippen LogP contribution is 2.32. The first-order valence-electron chi connectivity index (χ1n) is 10.9. The van der Waals surface area contributed by atoms with Crippen LogP contribution in [0.3, 0.4) is 0 Å². The van der Waals surface area contributed by atoms with Crippen LogP contribution in [0.2, 0.25) is 0 Å². The molecule has 2 aromatic rings. The van der Waals surface area contributed by atoms with E-state index in [0.717, 1.165) is 18.7 Å². The fourth-order valence-corrected chi connectivity index (χ4v) is 6.31. The number of likely N-dealkylation sites (tertiary alicyclic amines) is 1. The number of carbonyl (C=O) groups is 1. The first-order valence-corrected chi connectivity index (χ1v) is 12.4. The predicted molar refractivity (Wildman–Crippen MR) is 122 cm³/mol. The van der Waals surface area contributed by atoms with Gasteiger partial charge in [-0.25, -0.2) is 14.3 Å². The molecule has 1 aliphatic carbocycles. The van der Waals surface area contributed by atoms with E-state index in [9.17, 15) is 13.2 Å². The highest BCUT2D eigenvalue weighted by molar-refractivity contribution is 7.93. The third kappa shape index (κ3) is 4.76. The Morgan fingerprint density at radius 3 is 2.19 bits per heavy atom. The summed E-state index contributed by atoms with van der Waals surface area (Å²) in [7, 11) is -3.54. The first kappa shape index (κ1) is 21.8. The molecule has 8 heteroatoms. The molecule has 1 saturated carbocycles. The summed E-state index contributed by atoms with van der Waals surface area (Å²) in [5.74, 6) is 4.81. The summed E-state index contributed by atoms with van der Waals surface area (Å²) >= 11 is 0. The van der Waals surface area contributed by atoms with Gasteiger partial charge in [0, 0.05) is 11.6 Å². The molecule has 0 bridgehead atoms. The predicted octanol–water partition coefficient (Wildman–Crippen LogP) is 2.64. The second-order valence-corrected chi connectivity index (χ2v) is 10.5. The van der Waals surface area contributed by atoms with E-state index in [0.29, 0.717) is 30.1 Å². The Kier molecular flexibility index (Phi) is 6.60. The van der Waals surface area contributed by atoms with Gasteiger partial charge in [-0.1, -0.05) is 36.8 Å². The highest BCUT2D eigenvalue weighted by atomic mass is 32.2. The van der Waals surface area contributed by atoms with Gasteiger partial charge in [0.2, 0.25) is 10.0 Å². The number of hydrogen-bond acceptors (Lipinski definition) is 5. The number of nitrogen functional groups attached to an aromatic ring is 1. The van der Waals surface area contributed by atoms with Gasteiger partial charge in [-0.15, -0.1) is 0 Å². The second kappa shape index (κ2) is 9.38. The van der Waals surface area contributed by atoms with Crippen LogP contribution in [0, 0.1) is 0 Å². The van der Waals surface area contributed by atoms with Crippen molar-refractivity contribution in [2.45, 2.75) is 49.9 Å². The number of para-hydroxylation sites is 1. The van der Waals surface area contributed by atoms with Gasteiger partial charge in [0.1, 0.15) is 0 Å². The fraction of sp³-hybridized carbons (Fsp3) is 0.435. The van der Waals surface area contributed by atoms with Crippen LogP contribution in [0.25, 0.3) is 0 Å². The minimum absolute atomic E-state index is 0.222. The van der Waals surface area contributed by atoms with Crippen LogP contribution in [-0.4, -0.2) is 43.6 Å². The molecule has 0 unspecified atom stereocenters. The molecule has 31 heavy (non-hydrogen) atoms. The lowest BCUT2D eigenvalue weighted by Gasteiger charge is -2.42. The van der Waals surface area contributed by atoms with Crippen LogP contribution < -0.4 is 15.6 Å². The van der Waals surface area contributed by atoms with E-state index in [1.807, 2.05) is 30.3 Å². The number of nitrogens with one attached hydrogen (secondary N) is 1. The Labute approximate surface area is 184 Å². The lowest BCUT2D eigenvalue weighted by Crippen LogP contribution is -2.49. The lowest BCUT2D eigenvalue weighted by molar-refractivity contribution is 0.0953. The molecule has 2 aliphatic rings. The fourth-order valence-electron chi connectivity index (χ4n) is 4.40. The zero-order valence-electron chi connectivity index (χ0n) is 17.6. The first-order chi connectivity index (χ1) is 15.0. The van der Waals surface area contributed by atoms with Crippen molar-refractivity contribution in [2.24, 2.45) is 5.84 Å². The van der Waals surface area contributed by atoms with Crippen LogP contribution in [0.1, 0.15) is 48.0 Å². The molecule has 166 valence electrons. The number of hydrazine groups is 1. The molecule has 2 fully saturated rings. The Morgan fingerprint density at radius 2 is 1.65 bits per heavy atom. The highest BCUT2D eigenvalue weighted by Gasteiger charge is 2.37.